The van der Waals surface area contributed by atoms with Gasteiger partial charge in [0.1, 0.15) is 5.76 Å². The Balaban J connectivity index is 1.37. The average Bonchev–Trinajstić information content (AvgIpc) is 3.40. The van der Waals surface area contributed by atoms with Gasteiger partial charge < -0.3 is 9.73 Å². The lowest BCUT2D eigenvalue weighted by Gasteiger charge is -2.26. The van der Waals surface area contributed by atoms with Crippen LogP contribution in [0, 0.1) is 6.92 Å². The molecule has 0 radical (unpaired) electrons. The lowest BCUT2D eigenvalue weighted by molar-refractivity contribution is -0.117. The van der Waals surface area contributed by atoms with Crippen LogP contribution in [-0.2, 0) is 24.4 Å². The fourth-order valence-corrected chi connectivity index (χ4v) is 5.66. The topological polar surface area (TPSA) is 48.7 Å². The number of carbonyl (C=O) groups is 1. The molecule has 1 amide bonds. The molecule has 4 rings (SSSR count). The van der Waals surface area contributed by atoms with Crippen molar-refractivity contribution in [2.75, 3.05) is 36.5 Å². The van der Waals surface area contributed by atoms with Gasteiger partial charge in [-0.3, -0.25) is 14.6 Å². The van der Waals surface area contributed by atoms with Gasteiger partial charge in [0.2, 0.25) is 5.91 Å². The van der Waals surface area contributed by atoms with E-state index < -0.39 is 0 Å². The molecule has 0 unspecified atom stereocenters. The molecule has 0 saturated carbocycles. The summed E-state index contributed by atoms with van der Waals surface area (Å²) < 4.78 is 5.52. The molecule has 0 atom stereocenters. The first-order valence-electron chi connectivity index (χ1n) is 10.6. The number of rotatable bonds is 9. The Hall–Kier alpha value is -2.06. The van der Waals surface area contributed by atoms with Gasteiger partial charge in [-0.05, 0) is 48.9 Å². The van der Waals surface area contributed by atoms with Crippen LogP contribution in [0.3, 0.4) is 0 Å². The van der Waals surface area contributed by atoms with E-state index in [4.69, 9.17) is 4.42 Å². The number of furan rings is 1. The number of carbonyl (C=O) groups excluding carboxylic acids is 1. The van der Waals surface area contributed by atoms with Gasteiger partial charge in [-0.2, -0.15) is 11.8 Å². The van der Waals surface area contributed by atoms with E-state index in [0.717, 1.165) is 37.6 Å². The highest BCUT2D eigenvalue weighted by Crippen LogP contribution is 2.19. The molecule has 3 heterocycles. The van der Waals surface area contributed by atoms with Gasteiger partial charge in [-0.15, -0.1) is 11.3 Å². The summed E-state index contributed by atoms with van der Waals surface area (Å²) in [6.07, 6.45) is 1.68. The predicted molar refractivity (Wildman–Crippen MR) is 130 cm³/mol. The Kier molecular flexibility index (Phi) is 7.86. The molecule has 0 bridgehead atoms. The number of nitrogens with one attached hydrogen (secondary N) is 1. The lowest BCUT2D eigenvalue weighted by Crippen LogP contribution is -2.32. The molecule has 1 aliphatic rings. The average molecular weight is 456 g/mol. The van der Waals surface area contributed by atoms with Crippen molar-refractivity contribution >= 4 is 34.7 Å². The minimum Gasteiger partial charge on any atom is -0.468 e. The van der Waals surface area contributed by atoms with Crippen molar-refractivity contribution in [2.45, 2.75) is 26.6 Å². The Bertz CT molecular complexity index is 965. The molecule has 2 aromatic heterocycles. The second-order valence-electron chi connectivity index (χ2n) is 7.87. The monoisotopic (exact) mass is 455 g/mol. The van der Waals surface area contributed by atoms with Crippen LogP contribution in [0.5, 0.6) is 0 Å². The van der Waals surface area contributed by atoms with Crippen LogP contribution in [-0.4, -0.2) is 46.8 Å². The first-order valence-corrected chi connectivity index (χ1v) is 12.6. The van der Waals surface area contributed by atoms with Crippen LogP contribution in [0.2, 0.25) is 0 Å². The number of amides is 1. The molecule has 7 heteroatoms. The zero-order chi connectivity index (χ0) is 21.5. The summed E-state index contributed by atoms with van der Waals surface area (Å²) >= 11 is 3.79. The Morgan fingerprint density at radius 2 is 2.00 bits per heavy atom. The number of thiophene rings is 1. The van der Waals surface area contributed by atoms with E-state index in [2.05, 4.69) is 46.3 Å². The standard InChI is InChI=1S/C24H29N3O2S2/c1-19-7-8-23(31-19)17-27(16-22-6-3-11-29-22)18-24(28)25-21-5-2-4-20(14-21)15-26-9-12-30-13-10-26/h2-8,11,14H,9-10,12-13,15-18H2,1H3,(H,25,28). The molecule has 1 aromatic carbocycles. The maximum atomic E-state index is 12.9. The third-order valence-corrected chi connectivity index (χ3v) is 7.15. The van der Waals surface area contributed by atoms with Crippen LogP contribution in [0.15, 0.2) is 59.2 Å². The van der Waals surface area contributed by atoms with E-state index in [9.17, 15) is 4.79 Å². The van der Waals surface area contributed by atoms with Crippen LogP contribution >= 0.6 is 23.1 Å². The van der Waals surface area contributed by atoms with E-state index in [1.54, 1.807) is 17.6 Å². The van der Waals surface area contributed by atoms with Crippen molar-refractivity contribution in [3.63, 3.8) is 0 Å². The van der Waals surface area contributed by atoms with Gasteiger partial charge in [0, 0.05) is 53.1 Å². The molecule has 0 aliphatic carbocycles. The summed E-state index contributed by atoms with van der Waals surface area (Å²) in [5, 5.41) is 3.09. The van der Waals surface area contributed by atoms with E-state index in [1.165, 1.54) is 26.8 Å². The normalized spacial score (nSPS) is 14.8. The molecule has 3 aromatic rings. The zero-order valence-electron chi connectivity index (χ0n) is 17.9. The highest BCUT2D eigenvalue weighted by Gasteiger charge is 2.15. The number of benzene rings is 1. The summed E-state index contributed by atoms with van der Waals surface area (Å²) in [6, 6.07) is 16.3. The van der Waals surface area contributed by atoms with Crippen molar-refractivity contribution in [1.29, 1.82) is 0 Å². The number of hydrogen-bond donors (Lipinski definition) is 1. The second kappa shape index (κ2) is 11.0. The number of aryl methyl sites for hydroxylation is 1. The molecule has 164 valence electrons. The fourth-order valence-electron chi connectivity index (χ4n) is 3.75. The molecular formula is C24H29N3O2S2. The number of nitrogens with zero attached hydrogens (tertiary/aromatic N) is 2. The van der Waals surface area contributed by atoms with Gasteiger partial charge in [0.05, 0.1) is 19.4 Å². The third kappa shape index (κ3) is 6.97. The van der Waals surface area contributed by atoms with Gasteiger partial charge in [-0.1, -0.05) is 12.1 Å². The molecule has 1 saturated heterocycles. The first-order chi connectivity index (χ1) is 15.1. The molecule has 5 nitrogen and oxygen atoms in total. The summed E-state index contributed by atoms with van der Waals surface area (Å²) in [5.41, 5.74) is 2.10. The zero-order valence-corrected chi connectivity index (χ0v) is 19.5. The predicted octanol–water partition coefficient (Wildman–Crippen LogP) is 4.84. The van der Waals surface area contributed by atoms with Gasteiger partial charge in [-0.25, -0.2) is 0 Å². The van der Waals surface area contributed by atoms with Crippen molar-refractivity contribution < 1.29 is 9.21 Å². The highest BCUT2D eigenvalue weighted by molar-refractivity contribution is 7.99. The number of thioether (sulfide) groups is 1. The summed E-state index contributed by atoms with van der Waals surface area (Å²) in [7, 11) is 0. The molecule has 1 N–H and O–H groups in total. The van der Waals surface area contributed by atoms with Crippen LogP contribution < -0.4 is 5.32 Å². The van der Waals surface area contributed by atoms with Crippen molar-refractivity contribution in [3.8, 4) is 0 Å². The molecule has 31 heavy (non-hydrogen) atoms. The van der Waals surface area contributed by atoms with Gasteiger partial charge >= 0.3 is 0 Å². The molecular weight excluding hydrogens is 426 g/mol. The quantitative estimate of drug-likeness (QED) is 0.500. The van der Waals surface area contributed by atoms with E-state index in [1.807, 2.05) is 36.0 Å². The van der Waals surface area contributed by atoms with Gasteiger partial charge in [0.25, 0.3) is 0 Å². The first kappa shape index (κ1) is 22.1. The maximum Gasteiger partial charge on any atom is 0.238 e. The minimum absolute atomic E-state index is 0.00800. The second-order valence-corrected chi connectivity index (χ2v) is 10.5. The van der Waals surface area contributed by atoms with Crippen molar-refractivity contribution in [2.24, 2.45) is 0 Å². The van der Waals surface area contributed by atoms with Crippen molar-refractivity contribution in [3.05, 3.63) is 75.9 Å². The lowest BCUT2D eigenvalue weighted by atomic mass is 10.2. The van der Waals surface area contributed by atoms with E-state index in [-0.39, 0.29) is 5.91 Å². The van der Waals surface area contributed by atoms with Crippen molar-refractivity contribution in [1.82, 2.24) is 9.80 Å². The van der Waals surface area contributed by atoms with Gasteiger partial charge in [0.15, 0.2) is 0 Å². The molecule has 1 aliphatic heterocycles. The SMILES string of the molecule is Cc1ccc(CN(CC(=O)Nc2cccc(CN3CCSCC3)c2)Cc2ccco2)s1. The number of hydrogen-bond acceptors (Lipinski definition) is 6. The largest absolute Gasteiger partial charge is 0.468 e. The fraction of sp³-hybridized carbons (Fsp3) is 0.375. The summed E-state index contributed by atoms with van der Waals surface area (Å²) in [4.78, 5) is 20.0. The van der Waals surface area contributed by atoms with E-state index >= 15 is 0 Å². The maximum absolute atomic E-state index is 12.9. The Morgan fingerprint density at radius 1 is 1.13 bits per heavy atom. The van der Waals surface area contributed by atoms with Crippen LogP contribution in [0.4, 0.5) is 5.69 Å². The smallest absolute Gasteiger partial charge is 0.238 e. The third-order valence-electron chi connectivity index (χ3n) is 5.22. The molecule has 0 spiro atoms. The molecule has 1 fully saturated rings. The Labute approximate surface area is 192 Å². The van der Waals surface area contributed by atoms with E-state index in [0.29, 0.717) is 13.1 Å². The Morgan fingerprint density at radius 3 is 2.74 bits per heavy atom. The van der Waals surface area contributed by atoms with Crippen LogP contribution in [0.1, 0.15) is 21.1 Å². The minimum atomic E-state index is -0.00800. The summed E-state index contributed by atoms with van der Waals surface area (Å²) in [5.74, 6) is 3.26. The summed E-state index contributed by atoms with van der Waals surface area (Å²) in [6.45, 7) is 6.94. The highest BCUT2D eigenvalue weighted by atomic mass is 32.2. The van der Waals surface area contributed by atoms with Crippen LogP contribution in [0.25, 0.3) is 0 Å². The number of anilines is 1.